The standard InChI is InChI=1S/C19H23ClN6O.ClH/c1-12-17(13(2)26(23-12)11-14-4-6-15(20)7-5-14)19-22-18(24-27-19)16-10-21-8-9-25(16)3;/h4-7,16,21H,8-11H2,1-3H3;1H. The Bertz CT molecular complexity index is 937. The highest BCUT2D eigenvalue weighted by atomic mass is 35.5. The molecule has 1 atom stereocenters. The molecule has 2 aromatic heterocycles. The lowest BCUT2D eigenvalue weighted by atomic mass is 10.1. The minimum absolute atomic E-state index is 0. The predicted molar refractivity (Wildman–Crippen MR) is 111 cm³/mol. The first-order valence-corrected chi connectivity index (χ1v) is 9.44. The second kappa shape index (κ2) is 8.61. The van der Waals surface area contributed by atoms with Gasteiger partial charge in [-0.1, -0.05) is 28.9 Å². The highest BCUT2D eigenvalue weighted by Gasteiger charge is 2.27. The summed E-state index contributed by atoms with van der Waals surface area (Å²) in [5.41, 5.74) is 3.94. The Morgan fingerprint density at radius 2 is 2.00 bits per heavy atom. The average molecular weight is 423 g/mol. The molecule has 0 amide bonds. The molecule has 1 N–H and O–H groups in total. The van der Waals surface area contributed by atoms with Crippen LogP contribution in [-0.4, -0.2) is 51.5 Å². The van der Waals surface area contributed by atoms with Gasteiger partial charge < -0.3 is 9.84 Å². The number of hydrogen-bond donors (Lipinski definition) is 1. The zero-order valence-electron chi connectivity index (χ0n) is 16.1. The van der Waals surface area contributed by atoms with Crippen LogP contribution in [0, 0.1) is 13.8 Å². The van der Waals surface area contributed by atoms with Crippen molar-refractivity contribution < 1.29 is 4.52 Å². The highest BCUT2D eigenvalue weighted by Crippen LogP contribution is 2.28. The topological polar surface area (TPSA) is 72.0 Å². The van der Waals surface area contributed by atoms with Crippen LogP contribution in [0.4, 0.5) is 0 Å². The minimum Gasteiger partial charge on any atom is -0.334 e. The van der Waals surface area contributed by atoms with Crippen molar-refractivity contribution in [2.24, 2.45) is 0 Å². The van der Waals surface area contributed by atoms with E-state index in [0.717, 1.165) is 47.2 Å². The van der Waals surface area contributed by atoms with Gasteiger partial charge in [-0.3, -0.25) is 9.58 Å². The second-order valence-corrected chi connectivity index (χ2v) is 7.42. The molecule has 7 nitrogen and oxygen atoms in total. The van der Waals surface area contributed by atoms with E-state index in [2.05, 4.69) is 32.5 Å². The van der Waals surface area contributed by atoms with Gasteiger partial charge in [-0.15, -0.1) is 12.4 Å². The van der Waals surface area contributed by atoms with Crippen molar-refractivity contribution >= 4 is 24.0 Å². The Kier molecular flexibility index (Phi) is 6.40. The molecule has 1 aliphatic heterocycles. The summed E-state index contributed by atoms with van der Waals surface area (Å²) >= 11 is 5.97. The van der Waals surface area contributed by atoms with Crippen LogP contribution in [0.25, 0.3) is 11.5 Å². The van der Waals surface area contributed by atoms with Crippen molar-refractivity contribution in [1.82, 2.24) is 30.1 Å². The van der Waals surface area contributed by atoms with Gasteiger partial charge in [-0.25, -0.2) is 0 Å². The molecule has 28 heavy (non-hydrogen) atoms. The third-order valence-electron chi connectivity index (χ3n) is 5.09. The average Bonchev–Trinajstić information content (AvgIpc) is 3.22. The van der Waals surface area contributed by atoms with Crippen LogP contribution in [0.5, 0.6) is 0 Å². The smallest absolute Gasteiger partial charge is 0.261 e. The third kappa shape index (κ3) is 4.07. The van der Waals surface area contributed by atoms with E-state index < -0.39 is 0 Å². The Balaban J connectivity index is 0.00000225. The Labute approximate surface area is 175 Å². The molecule has 9 heteroatoms. The Hall–Kier alpha value is -1.93. The number of aryl methyl sites for hydroxylation is 1. The summed E-state index contributed by atoms with van der Waals surface area (Å²) in [6, 6.07) is 7.93. The van der Waals surface area contributed by atoms with Crippen LogP contribution in [0.2, 0.25) is 5.02 Å². The van der Waals surface area contributed by atoms with Gasteiger partial charge in [0.05, 0.1) is 23.8 Å². The summed E-state index contributed by atoms with van der Waals surface area (Å²) < 4.78 is 7.57. The summed E-state index contributed by atoms with van der Waals surface area (Å²) in [5.74, 6) is 1.24. The van der Waals surface area contributed by atoms with Crippen LogP contribution < -0.4 is 5.32 Å². The molecule has 1 aliphatic rings. The lowest BCUT2D eigenvalue weighted by Crippen LogP contribution is -2.44. The molecule has 0 saturated carbocycles. The largest absolute Gasteiger partial charge is 0.334 e. The van der Waals surface area contributed by atoms with E-state index in [1.807, 2.05) is 42.8 Å². The minimum atomic E-state index is 0. The van der Waals surface area contributed by atoms with E-state index in [1.165, 1.54) is 0 Å². The van der Waals surface area contributed by atoms with Crippen LogP contribution in [0.3, 0.4) is 0 Å². The van der Waals surface area contributed by atoms with Crippen molar-refractivity contribution in [2.75, 3.05) is 26.7 Å². The van der Waals surface area contributed by atoms with Gasteiger partial charge in [0.1, 0.15) is 0 Å². The maximum Gasteiger partial charge on any atom is 0.261 e. The normalized spacial score (nSPS) is 17.5. The molecular formula is C19H24Cl2N6O. The van der Waals surface area contributed by atoms with Crippen molar-refractivity contribution in [1.29, 1.82) is 0 Å². The molecule has 1 aromatic carbocycles. The van der Waals surface area contributed by atoms with Gasteiger partial charge in [0.25, 0.3) is 5.89 Å². The van der Waals surface area contributed by atoms with Crippen LogP contribution in [-0.2, 0) is 6.54 Å². The van der Waals surface area contributed by atoms with Crippen LogP contribution in [0.15, 0.2) is 28.8 Å². The quantitative estimate of drug-likeness (QED) is 0.695. The molecule has 0 radical (unpaired) electrons. The number of hydrogen-bond acceptors (Lipinski definition) is 6. The van der Waals surface area contributed by atoms with Gasteiger partial charge in [-0.05, 0) is 38.6 Å². The number of nitrogens with one attached hydrogen (secondary N) is 1. The molecule has 0 aliphatic carbocycles. The van der Waals surface area contributed by atoms with Gasteiger partial charge in [0.15, 0.2) is 5.82 Å². The molecular weight excluding hydrogens is 399 g/mol. The SMILES string of the molecule is Cc1nn(Cc2ccc(Cl)cc2)c(C)c1-c1nc(C2CNCCN2C)no1.Cl. The number of rotatable bonds is 4. The zero-order valence-corrected chi connectivity index (χ0v) is 17.7. The van der Waals surface area contributed by atoms with Crippen molar-refractivity contribution in [3.8, 4) is 11.5 Å². The predicted octanol–water partition coefficient (Wildman–Crippen LogP) is 3.25. The van der Waals surface area contributed by atoms with E-state index in [1.54, 1.807) is 0 Å². The first-order chi connectivity index (χ1) is 13.0. The van der Waals surface area contributed by atoms with Crippen molar-refractivity contribution in [2.45, 2.75) is 26.4 Å². The molecule has 3 aromatic rings. The van der Waals surface area contributed by atoms with E-state index in [-0.39, 0.29) is 18.4 Å². The molecule has 1 fully saturated rings. The summed E-state index contributed by atoms with van der Waals surface area (Å²) in [4.78, 5) is 6.92. The molecule has 0 spiro atoms. The molecule has 1 unspecified atom stereocenters. The summed E-state index contributed by atoms with van der Waals surface area (Å²) in [7, 11) is 2.09. The number of nitrogens with zero attached hydrogens (tertiary/aromatic N) is 5. The van der Waals surface area contributed by atoms with Gasteiger partial charge in [0, 0.05) is 30.4 Å². The first kappa shape index (κ1) is 20.8. The molecule has 0 bridgehead atoms. The first-order valence-electron chi connectivity index (χ1n) is 9.06. The maximum atomic E-state index is 5.97. The summed E-state index contributed by atoms with van der Waals surface area (Å²) in [6.07, 6.45) is 0. The number of aromatic nitrogens is 4. The number of halogens is 2. The van der Waals surface area contributed by atoms with E-state index in [9.17, 15) is 0 Å². The molecule has 3 heterocycles. The highest BCUT2D eigenvalue weighted by molar-refractivity contribution is 6.30. The monoisotopic (exact) mass is 422 g/mol. The fourth-order valence-corrected chi connectivity index (χ4v) is 3.62. The number of piperazine rings is 1. The third-order valence-corrected chi connectivity index (χ3v) is 5.34. The molecule has 150 valence electrons. The molecule has 1 saturated heterocycles. The number of benzene rings is 1. The summed E-state index contributed by atoms with van der Waals surface area (Å²) in [5, 5.41) is 13.0. The molecule has 4 rings (SSSR count). The maximum absolute atomic E-state index is 5.97. The van der Waals surface area contributed by atoms with Gasteiger partial charge in [0.2, 0.25) is 0 Å². The lowest BCUT2D eigenvalue weighted by Gasteiger charge is -2.30. The fraction of sp³-hybridized carbons (Fsp3) is 0.421. The van der Waals surface area contributed by atoms with Crippen molar-refractivity contribution in [3.63, 3.8) is 0 Å². The second-order valence-electron chi connectivity index (χ2n) is 6.99. The van der Waals surface area contributed by atoms with Crippen LogP contribution >= 0.6 is 24.0 Å². The Morgan fingerprint density at radius 1 is 1.25 bits per heavy atom. The lowest BCUT2D eigenvalue weighted by molar-refractivity contribution is 0.190. The van der Waals surface area contributed by atoms with Crippen LogP contribution in [0.1, 0.15) is 28.8 Å². The van der Waals surface area contributed by atoms with E-state index >= 15 is 0 Å². The van der Waals surface area contributed by atoms with Crippen molar-refractivity contribution in [3.05, 3.63) is 52.1 Å². The van der Waals surface area contributed by atoms with Gasteiger partial charge >= 0.3 is 0 Å². The van der Waals surface area contributed by atoms with E-state index in [0.29, 0.717) is 18.3 Å². The van der Waals surface area contributed by atoms with Gasteiger partial charge in [-0.2, -0.15) is 10.1 Å². The van der Waals surface area contributed by atoms with E-state index in [4.69, 9.17) is 16.1 Å². The zero-order chi connectivity index (χ0) is 19.0. The summed E-state index contributed by atoms with van der Waals surface area (Å²) in [6.45, 7) is 7.44. The number of likely N-dealkylation sites (N-methyl/N-ethyl adjacent to an activating group) is 1. The Morgan fingerprint density at radius 3 is 2.71 bits per heavy atom. The fourth-order valence-electron chi connectivity index (χ4n) is 3.49.